The first-order chi connectivity index (χ1) is 12.0. The zero-order valence-electron chi connectivity index (χ0n) is 14.4. The molecule has 0 radical (unpaired) electrons. The van der Waals surface area contributed by atoms with Crippen molar-refractivity contribution in [2.45, 2.75) is 6.92 Å². The summed E-state index contributed by atoms with van der Waals surface area (Å²) >= 11 is 0. The lowest BCUT2D eigenvalue weighted by atomic mass is 10.1. The Hall–Kier alpha value is -3.15. The topological polar surface area (TPSA) is 78.1 Å². The standard InChI is InChI=1S/C19H18O6/c1-10-5-12(20)18-13(21)9-14(25-15(18)6-10)11-7-16(22-2)19(24-4)17(8-11)23-3/h5-9,20H,1-4H3. The summed E-state index contributed by atoms with van der Waals surface area (Å²) in [4.78, 5) is 12.4. The molecule has 1 aromatic heterocycles. The molecule has 0 aliphatic rings. The second-order valence-electron chi connectivity index (χ2n) is 5.55. The Morgan fingerprint density at radius 3 is 2.12 bits per heavy atom. The molecule has 0 atom stereocenters. The largest absolute Gasteiger partial charge is 0.507 e. The fourth-order valence-corrected chi connectivity index (χ4v) is 2.77. The van der Waals surface area contributed by atoms with Crippen molar-refractivity contribution in [3.8, 4) is 34.3 Å². The van der Waals surface area contributed by atoms with Gasteiger partial charge in [0.2, 0.25) is 5.75 Å². The SMILES string of the molecule is COc1cc(-c2cc(=O)c3c(O)cc(C)cc3o2)cc(OC)c1OC. The summed E-state index contributed by atoms with van der Waals surface area (Å²) in [5, 5.41) is 10.2. The number of hydrogen-bond donors (Lipinski definition) is 1. The molecule has 0 aliphatic heterocycles. The van der Waals surface area contributed by atoms with Crippen LogP contribution < -0.4 is 19.6 Å². The van der Waals surface area contributed by atoms with Gasteiger partial charge >= 0.3 is 0 Å². The van der Waals surface area contributed by atoms with Crippen LogP contribution in [-0.4, -0.2) is 26.4 Å². The molecule has 0 bridgehead atoms. The van der Waals surface area contributed by atoms with Gasteiger partial charge in [-0.25, -0.2) is 0 Å². The Kier molecular flexibility index (Phi) is 4.27. The van der Waals surface area contributed by atoms with Crippen LogP contribution in [0.15, 0.2) is 39.5 Å². The number of rotatable bonds is 4. The van der Waals surface area contributed by atoms with Crippen molar-refractivity contribution < 1.29 is 23.7 Å². The molecule has 1 N–H and O–H groups in total. The highest BCUT2D eigenvalue weighted by Gasteiger charge is 2.17. The van der Waals surface area contributed by atoms with E-state index >= 15 is 0 Å². The Balaban J connectivity index is 2.28. The maximum atomic E-state index is 12.4. The third-order valence-corrected chi connectivity index (χ3v) is 3.90. The van der Waals surface area contributed by atoms with Crippen LogP contribution in [0.3, 0.4) is 0 Å². The Morgan fingerprint density at radius 2 is 1.56 bits per heavy atom. The molecule has 130 valence electrons. The molecule has 6 heteroatoms. The van der Waals surface area contributed by atoms with Crippen LogP contribution in [0.4, 0.5) is 0 Å². The summed E-state index contributed by atoms with van der Waals surface area (Å²) in [6.45, 7) is 1.81. The van der Waals surface area contributed by atoms with Gasteiger partial charge in [0.1, 0.15) is 22.5 Å². The van der Waals surface area contributed by atoms with Crippen molar-refractivity contribution in [2.24, 2.45) is 0 Å². The Labute approximate surface area is 144 Å². The van der Waals surface area contributed by atoms with Crippen molar-refractivity contribution in [1.82, 2.24) is 0 Å². The summed E-state index contributed by atoms with van der Waals surface area (Å²) in [6, 6.07) is 7.95. The molecule has 3 rings (SSSR count). The zero-order chi connectivity index (χ0) is 18.1. The number of ether oxygens (including phenoxy) is 3. The van der Waals surface area contributed by atoms with Crippen LogP contribution in [0.25, 0.3) is 22.3 Å². The van der Waals surface area contributed by atoms with Crippen LogP contribution in [-0.2, 0) is 0 Å². The van der Waals surface area contributed by atoms with E-state index in [2.05, 4.69) is 0 Å². The molecule has 0 amide bonds. The smallest absolute Gasteiger partial charge is 0.203 e. The van der Waals surface area contributed by atoms with Gasteiger partial charge in [-0.05, 0) is 36.8 Å². The maximum absolute atomic E-state index is 12.4. The van der Waals surface area contributed by atoms with Crippen LogP contribution in [0, 0.1) is 6.92 Å². The first-order valence-corrected chi connectivity index (χ1v) is 7.56. The van der Waals surface area contributed by atoms with E-state index < -0.39 is 0 Å². The summed E-state index contributed by atoms with van der Waals surface area (Å²) in [5.74, 6) is 1.59. The van der Waals surface area contributed by atoms with E-state index in [1.54, 1.807) is 18.2 Å². The lowest BCUT2D eigenvalue weighted by molar-refractivity contribution is 0.324. The fraction of sp³-hybridized carbons (Fsp3) is 0.211. The highest BCUT2D eigenvalue weighted by atomic mass is 16.5. The molecule has 0 fully saturated rings. The lowest BCUT2D eigenvalue weighted by Gasteiger charge is -2.14. The first-order valence-electron chi connectivity index (χ1n) is 7.56. The average Bonchev–Trinajstić information content (AvgIpc) is 2.59. The van der Waals surface area contributed by atoms with E-state index in [4.69, 9.17) is 18.6 Å². The molecule has 0 spiro atoms. The summed E-state index contributed by atoms with van der Waals surface area (Å²) in [7, 11) is 4.54. The third-order valence-electron chi connectivity index (χ3n) is 3.90. The highest BCUT2D eigenvalue weighted by molar-refractivity contribution is 5.85. The minimum Gasteiger partial charge on any atom is -0.507 e. The van der Waals surface area contributed by atoms with Crippen LogP contribution in [0.1, 0.15) is 5.56 Å². The normalized spacial score (nSPS) is 10.7. The second kappa shape index (κ2) is 6.39. The summed E-state index contributed by atoms with van der Waals surface area (Å²) in [6.07, 6.45) is 0. The van der Waals surface area contributed by atoms with E-state index in [0.29, 0.717) is 34.2 Å². The molecule has 1 heterocycles. The molecule has 0 saturated carbocycles. The average molecular weight is 342 g/mol. The van der Waals surface area contributed by atoms with Crippen molar-refractivity contribution in [2.75, 3.05) is 21.3 Å². The Morgan fingerprint density at radius 1 is 0.920 bits per heavy atom. The molecule has 6 nitrogen and oxygen atoms in total. The summed E-state index contributed by atoms with van der Waals surface area (Å²) in [5.41, 5.74) is 1.36. The van der Waals surface area contributed by atoms with E-state index in [9.17, 15) is 9.90 Å². The van der Waals surface area contributed by atoms with Crippen molar-refractivity contribution >= 4 is 11.0 Å². The lowest BCUT2D eigenvalue weighted by Crippen LogP contribution is -2.02. The molecule has 0 saturated heterocycles. The minimum absolute atomic E-state index is 0.0970. The highest BCUT2D eigenvalue weighted by Crippen LogP contribution is 2.41. The van der Waals surface area contributed by atoms with Crippen LogP contribution in [0.5, 0.6) is 23.0 Å². The zero-order valence-corrected chi connectivity index (χ0v) is 14.4. The van der Waals surface area contributed by atoms with Gasteiger partial charge in [-0.2, -0.15) is 0 Å². The van der Waals surface area contributed by atoms with E-state index in [-0.39, 0.29) is 16.6 Å². The van der Waals surface area contributed by atoms with Gasteiger partial charge in [-0.3, -0.25) is 4.79 Å². The molecule has 25 heavy (non-hydrogen) atoms. The monoisotopic (exact) mass is 342 g/mol. The van der Waals surface area contributed by atoms with Crippen LogP contribution in [0.2, 0.25) is 0 Å². The number of hydrogen-bond acceptors (Lipinski definition) is 6. The quantitative estimate of drug-likeness (QED) is 0.782. The number of phenolic OH excluding ortho intramolecular Hbond substituents is 1. The van der Waals surface area contributed by atoms with Crippen molar-refractivity contribution in [1.29, 1.82) is 0 Å². The van der Waals surface area contributed by atoms with Crippen LogP contribution >= 0.6 is 0 Å². The fourth-order valence-electron chi connectivity index (χ4n) is 2.77. The molecule has 2 aromatic carbocycles. The molecular weight excluding hydrogens is 324 g/mol. The molecule has 0 aliphatic carbocycles. The first kappa shape index (κ1) is 16.7. The molecular formula is C19H18O6. The Bertz CT molecular complexity index is 978. The van der Waals surface area contributed by atoms with Gasteiger partial charge in [0.15, 0.2) is 16.9 Å². The minimum atomic E-state index is -0.331. The third kappa shape index (κ3) is 2.87. The molecule has 3 aromatic rings. The van der Waals surface area contributed by atoms with Gasteiger partial charge in [0.25, 0.3) is 0 Å². The number of phenols is 1. The van der Waals surface area contributed by atoms with Gasteiger partial charge in [-0.1, -0.05) is 0 Å². The number of methoxy groups -OCH3 is 3. The maximum Gasteiger partial charge on any atom is 0.203 e. The van der Waals surface area contributed by atoms with E-state index in [1.165, 1.54) is 33.5 Å². The predicted molar refractivity (Wildman–Crippen MR) is 94.0 cm³/mol. The second-order valence-corrected chi connectivity index (χ2v) is 5.55. The van der Waals surface area contributed by atoms with Gasteiger partial charge in [0, 0.05) is 11.6 Å². The summed E-state index contributed by atoms with van der Waals surface area (Å²) < 4.78 is 21.8. The van der Waals surface area contributed by atoms with Gasteiger partial charge < -0.3 is 23.7 Å². The predicted octanol–water partition coefficient (Wildman–Crippen LogP) is 3.50. The number of aryl methyl sites for hydroxylation is 1. The van der Waals surface area contributed by atoms with Crippen molar-refractivity contribution in [3.63, 3.8) is 0 Å². The van der Waals surface area contributed by atoms with Gasteiger partial charge in [-0.15, -0.1) is 0 Å². The molecule has 0 unspecified atom stereocenters. The van der Waals surface area contributed by atoms with Crippen molar-refractivity contribution in [3.05, 3.63) is 46.1 Å². The number of fused-ring (bicyclic) bond motifs is 1. The number of benzene rings is 2. The number of aromatic hydroxyl groups is 1. The van der Waals surface area contributed by atoms with E-state index in [1.807, 2.05) is 6.92 Å². The van der Waals surface area contributed by atoms with E-state index in [0.717, 1.165) is 5.56 Å². The van der Waals surface area contributed by atoms with Gasteiger partial charge in [0.05, 0.1) is 21.3 Å².